The van der Waals surface area contributed by atoms with Crippen molar-refractivity contribution in [2.45, 2.75) is 25.6 Å². The van der Waals surface area contributed by atoms with Gasteiger partial charge in [-0.2, -0.15) is 13.2 Å². The van der Waals surface area contributed by atoms with Crippen molar-refractivity contribution in [3.8, 4) is 11.6 Å². The lowest BCUT2D eigenvalue weighted by Gasteiger charge is -2.32. The number of hydrogen-bond donors (Lipinski definition) is 1. The highest BCUT2D eigenvalue weighted by molar-refractivity contribution is 5.91. The molecule has 1 aliphatic rings. The van der Waals surface area contributed by atoms with Crippen molar-refractivity contribution < 1.29 is 26.8 Å². The Labute approximate surface area is 201 Å². The van der Waals surface area contributed by atoms with Gasteiger partial charge in [0.25, 0.3) is 5.89 Å². The second-order valence-corrected chi connectivity index (χ2v) is 8.40. The molecule has 0 fully saturated rings. The molecule has 1 N–H and O–H groups in total. The molecule has 0 aliphatic carbocycles. The minimum atomic E-state index is -4.52. The zero-order valence-corrected chi connectivity index (χ0v) is 18.7. The van der Waals surface area contributed by atoms with Crippen molar-refractivity contribution in [2.75, 3.05) is 6.54 Å². The van der Waals surface area contributed by atoms with Gasteiger partial charge in [0.15, 0.2) is 0 Å². The Bertz CT molecular complexity index is 1580. The number of rotatable bonds is 3. The highest BCUT2D eigenvalue weighted by atomic mass is 19.4. The first-order valence-electron chi connectivity index (χ1n) is 11.0. The van der Waals surface area contributed by atoms with Crippen LogP contribution in [0.5, 0.6) is 0 Å². The van der Waals surface area contributed by atoms with Gasteiger partial charge in [0, 0.05) is 30.2 Å². The van der Waals surface area contributed by atoms with Gasteiger partial charge in [0.1, 0.15) is 23.1 Å². The van der Waals surface area contributed by atoms with Crippen molar-refractivity contribution >= 4 is 16.9 Å². The first-order chi connectivity index (χ1) is 17.3. The lowest BCUT2D eigenvalue weighted by molar-refractivity contribution is -0.137. The number of pyridine rings is 1. The summed E-state index contributed by atoms with van der Waals surface area (Å²) < 4.78 is 50.1. The molecule has 1 aliphatic heterocycles. The van der Waals surface area contributed by atoms with Gasteiger partial charge in [0.05, 0.1) is 17.6 Å². The summed E-state index contributed by atoms with van der Waals surface area (Å²) in [6, 6.07) is 8.94. The van der Waals surface area contributed by atoms with E-state index in [1.165, 1.54) is 4.90 Å². The van der Waals surface area contributed by atoms with E-state index in [2.05, 4.69) is 25.1 Å². The van der Waals surface area contributed by atoms with Gasteiger partial charge < -0.3 is 18.7 Å². The molecule has 0 spiro atoms. The van der Waals surface area contributed by atoms with E-state index in [1.54, 1.807) is 6.33 Å². The highest BCUT2D eigenvalue weighted by Crippen LogP contribution is 2.38. The number of amides is 1. The van der Waals surface area contributed by atoms with Gasteiger partial charge in [-0.1, -0.05) is 12.1 Å². The van der Waals surface area contributed by atoms with Crippen molar-refractivity contribution in [3.05, 3.63) is 83.1 Å². The number of fused-ring (bicyclic) bond motifs is 2. The van der Waals surface area contributed by atoms with Crippen LogP contribution >= 0.6 is 0 Å². The van der Waals surface area contributed by atoms with Crippen molar-refractivity contribution in [1.29, 1.82) is 0 Å². The predicted octanol–water partition coefficient (Wildman–Crippen LogP) is 4.72. The number of furan rings is 1. The molecule has 0 saturated heterocycles. The first-order valence-corrected chi connectivity index (χ1v) is 11.0. The van der Waals surface area contributed by atoms with Gasteiger partial charge in [-0.15, -0.1) is 10.2 Å². The largest absolute Gasteiger partial charge is 0.458 e. The summed E-state index contributed by atoms with van der Waals surface area (Å²) in [4.78, 5) is 26.3. The molecular weight excluding hydrogens is 477 g/mol. The SMILES string of the molecule is Cc1cccc2oc([C@H]3c4nc[nH]c4CCN3C(=O)c3nnc(-c4ccc(C(F)(F)F)cn4)o3)cc12. The van der Waals surface area contributed by atoms with E-state index in [1.807, 2.05) is 31.2 Å². The molecule has 0 unspecified atom stereocenters. The first kappa shape index (κ1) is 22.0. The number of carbonyl (C=O) groups is 1. The van der Waals surface area contributed by atoms with Gasteiger partial charge in [-0.05, 0) is 36.8 Å². The fourth-order valence-electron chi connectivity index (χ4n) is 4.37. The van der Waals surface area contributed by atoms with E-state index in [0.29, 0.717) is 36.2 Å². The van der Waals surface area contributed by atoms with E-state index >= 15 is 0 Å². The summed E-state index contributed by atoms with van der Waals surface area (Å²) in [5, 5.41) is 8.58. The number of halogens is 3. The quantitative estimate of drug-likeness (QED) is 0.386. The molecule has 0 saturated carbocycles. The zero-order chi connectivity index (χ0) is 25.0. The Morgan fingerprint density at radius 2 is 2.00 bits per heavy atom. The maximum atomic E-state index is 13.5. The number of benzene rings is 1. The number of nitrogens with zero attached hydrogens (tertiary/aromatic N) is 5. The molecule has 5 aromatic rings. The summed E-state index contributed by atoms with van der Waals surface area (Å²) in [5.41, 5.74) is 2.37. The standard InChI is InChI=1S/C24H17F3N6O3/c1-12-3-2-4-17-14(12)9-18(35-17)20-19-15(29-11-30-19)7-8-33(20)23(34)22-32-31-21(36-22)16-6-5-13(10-28-16)24(25,26)27/h2-6,9-11,20H,7-8H2,1H3,(H,29,30)/t20-/m0/s1. The maximum absolute atomic E-state index is 13.5. The predicted molar refractivity (Wildman–Crippen MR) is 119 cm³/mol. The van der Waals surface area contributed by atoms with Crippen LogP contribution < -0.4 is 0 Å². The number of alkyl halides is 3. The Hall–Kier alpha value is -4.48. The second kappa shape index (κ2) is 8.04. The minimum absolute atomic E-state index is 0.0205. The molecule has 36 heavy (non-hydrogen) atoms. The molecule has 1 atom stereocenters. The van der Waals surface area contributed by atoms with Crippen molar-refractivity contribution in [2.24, 2.45) is 0 Å². The average Bonchev–Trinajstić information content (AvgIpc) is 3.62. The van der Waals surface area contributed by atoms with Crippen LogP contribution in [-0.2, 0) is 12.6 Å². The number of nitrogens with one attached hydrogen (secondary N) is 1. The summed E-state index contributed by atoms with van der Waals surface area (Å²) in [5.74, 6) is -0.509. The molecule has 1 amide bonds. The number of H-pyrrole nitrogens is 1. The normalized spacial score (nSPS) is 15.9. The Morgan fingerprint density at radius 3 is 2.75 bits per heavy atom. The van der Waals surface area contributed by atoms with Crippen LogP contribution in [0, 0.1) is 6.92 Å². The number of aromatic nitrogens is 5. The topological polar surface area (TPSA) is 114 Å². The number of aromatic amines is 1. The molecule has 5 heterocycles. The molecule has 182 valence electrons. The number of aryl methyl sites for hydroxylation is 1. The number of hydrogen-bond acceptors (Lipinski definition) is 7. The fourth-order valence-corrected chi connectivity index (χ4v) is 4.37. The molecule has 9 nitrogen and oxygen atoms in total. The van der Waals surface area contributed by atoms with E-state index in [0.717, 1.165) is 28.8 Å². The summed E-state index contributed by atoms with van der Waals surface area (Å²) in [6.07, 6.45) is -1.76. The molecular formula is C24H17F3N6O3. The van der Waals surface area contributed by atoms with Gasteiger partial charge in [-0.25, -0.2) is 4.98 Å². The third-order valence-electron chi connectivity index (χ3n) is 6.17. The van der Waals surface area contributed by atoms with Crippen molar-refractivity contribution in [1.82, 2.24) is 30.0 Å². The highest BCUT2D eigenvalue weighted by Gasteiger charge is 2.39. The van der Waals surface area contributed by atoms with Crippen molar-refractivity contribution in [3.63, 3.8) is 0 Å². The molecule has 1 aromatic carbocycles. The van der Waals surface area contributed by atoms with Crippen LogP contribution in [0.2, 0.25) is 0 Å². The van der Waals surface area contributed by atoms with Crippen LogP contribution in [0.4, 0.5) is 13.2 Å². The molecule has 12 heteroatoms. The third kappa shape index (κ3) is 3.61. The molecule has 0 radical (unpaired) electrons. The summed E-state index contributed by atoms with van der Waals surface area (Å²) >= 11 is 0. The molecule has 0 bridgehead atoms. The van der Waals surface area contributed by atoms with E-state index < -0.39 is 23.7 Å². The maximum Gasteiger partial charge on any atom is 0.417 e. The van der Waals surface area contributed by atoms with Crippen LogP contribution in [0.3, 0.4) is 0 Å². The van der Waals surface area contributed by atoms with Crippen LogP contribution in [0.15, 0.2) is 57.8 Å². The lowest BCUT2D eigenvalue weighted by atomic mass is 9.99. The number of imidazole rings is 1. The molecule has 4 aromatic heterocycles. The summed E-state index contributed by atoms with van der Waals surface area (Å²) in [6.45, 7) is 2.30. The summed E-state index contributed by atoms with van der Waals surface area (Å²) in [7, 11) is 0. The Kier molecular flexibility index (Phi) is 4.92. The molecule has 6 rings (SSSR count). The van der Waals surface area contributed by atoms with Crippen LogP contribution in [-0.4, -0.2) is 42.5 Å². The zero-order valence-electron chi connectivity index (χ0n) is 18.7. The van der Waals surface area contributed by atoms with Gasteiger partial charge in [0.2, 0.25) is 0 Å². The van der Waals surface area contributed by atoms with Crippen LogP contribution in [0.25, 0.3) is 22.6 Å². The van der Waals surface area contributed by atoms with Gasteiger partial charge in [-0.3, -0.25) is 9.78 Å². The van der Waals surface area contributed by atoms with E-state index in [-0.39, 0.29) is 17.5 Å². The van der Waals surface area contributed by atoms with E-state index in [9.17, 15) is 18.0 Å². The number of carbonyl (C=O) groups excluding carboxylic acids is 1. The van der Waals surface area contributed by atoms with Crippen LogP contribution in [0.1, 0.15) is 45.0 Å². The minimum Gasteiger partial charge on any atom is -0.458 e. The average molecular weight is 494 g/mol. The lowest BCUT2D eigenvalue weighted by Crippen LogP contribution is -2.40. The smallest absolute Gasteiger partial charge is 0.417 e. The van der Waals surface area contributed by atoms with Gasteiger partial charge >= 0.3 is 18.0 Å². The monoisotopic (exact) mass is 494 g/mol. The second-order valence-electron chi connectivity index (χ2n) is 8.40. The Balaban J connectivity index is 1.35. The fraction of sp³-hybridized carbons (Fsp3) is 0.208. The Morgan fingerprint density at radius 1 is 1.14 bits per heavy atom. The third-order valence-corrected chi connectivity index (χ3v) is 6.17. The van der Waals surface area contributed by atoms with E-state index in [4.69, 9.17) is 8.83 Å².